The van der Waals surface area contributed by atoms with Crippen LogP contribution in [0.1, 0.15) is 31.4 Å². The molecule has 1 heterocycles. The van der Waals surface area contributed by atoms with Crippen LogP contribution in [-0.2, 0) is 4.79 Å². The van der Waals surface area contributed by atoms with Crippen molar-refractivity contribution in [3.63, 3.8) is 0 Å². The number of hydrogen-bond donors (Lipinski definition) is 2. The van der Waals surface area contributed by atoms with Crippen LogP contribution in [0.2, 0.25) is 0 Å². The van der Waals surface area contributed by atoms with Crippen LogP contribution in [0.4, 0.5) is 13.2 Å². The van der Waals surface area contributed by atoms with E-state index in [-0.39, 0.29) is 19.5 Å². The molecule has 2 N–H and O–H groups in total. The van der Waals surface area contributed by atoms with Gasteiger partial charge in [-0.1, -0.05) is 37.3 Å². The highest BCUT2D eigenvalue weighted by Crippen LogP contribution is 2.43. The molecule has 0 aromatic heterocycles. The second-order valence-electron chi connectivity index (χ2n) is 5.35. The molecule has 1 aliphatic heterocycles. The fourth-order valence-corrected chi connectivity index (χ4v) is 2.66. The van der Waals surface area contributed by atoms with Gasteiger partial charge in [-0.25, -0.2) is 0 Å². The maximum absolute atomic E-state index is 13.3. The number of benzene rings is 1. The second kappa shape index (κ2) is 6.05. The average Bonchev–Trinajstić information content (AvgIpc) is 2.96. The van der Waals surface area contributed by atoms with Gasteiger partial charge in [0.05, 0.1) is 6.04 Å². The summed E-state index contributed by atoms with van der Waals surface area (Å²) in [6.45, 7) is 1.69. The average molecular weight is 300 g/mol. The van der Waals surface area contributed by atoms with Crippen LogP contribution < -0.4 is 10.6 Å². The minimum absolute atomic E-state index is 0.203. The van der Waals surface area contributed by atoms with E-state index >= 15 is 0 Å². The number of halogens is 3. The zero-order chi connectivity index (χ0) is 15.5. The van der Waals surface area contributed by atoms with Crippen molar-refractivity contribution < 1.29 is 18.0 Å². The first-order valence-corrected chi connectivity index (χ1v) is 7.04. The lowest BCUT2D eigenvalue weighted by molar-refractivity contribution is -0.216. The van der Waals surface area contributed by atoms with Crippen LogP contribution in [0.15, 0.2) is 30.3 Å². The Morgan fingerprint density at radius 2 is 2.05 bits per heavy atom. The topological polar surface area (TPSA) is 41.1 Å². The van der Waals surface area contributed by atoms with E-state index in [0.29, 0.717) is 6.42 Å². The van der Waals surface area contributed by atoms with Crippen molar-refractivity contribution in [2.75, 3.05) is 13.1 Å². The van der Waals surface area contributed by atoms with Crippen LogP contribution in [-0.4, -0.2) is 25.2 Å². The van der Waals surface area contributed by atoms with E-state index in [2.05, 4.69) is 10.6 Å². The summed E-state index contributed by atoms with van der Waals surface area (Å²) in [4.78, 5) is 12.3. The molecule has 6 heteroatoms. The summed E-state index contributed by atoms with van der Waals surface area (Å²) in [5, 5.41) is 5.22. The van der Waals surface area contributed by atoms with E-state index in [1.807, 2.05) is 25.1 Å². The van der Waals surface area contributed by atoms with E-state index in [1.54, 1.807) is 12.1 Å². The Morgan fingerprint density at radius 1 is 1.38 bits per heavy atom. The summed E-state index contributed by atoms with van der Waals surface area (Å²) < 4.78 is 40.0. The van der Waals surface area contributed by atoms with Crippen LogP contribution in [0.5, 0.6) is 0 Å². The number of carbonyl (C=O) groups is 1. The van der Waals surface area contributed by atoms with Crippen LogP contribution in [0.25, 0.3) is 0 Å². The normalized spacial score (nSPS) is 23.8. The largest absolute Gasteiger partial charge is 0.404 e. The molecule has 1 aromatic carbocycles. The molecule has 1 aliphatic rings. The highest BCUT2D eigenvalue weighted by molar-refractivity contribution is 5.84. The second-order valence-corrected chi connectivity index (χ2v) is 5.35. The third-order valence-corrected chi connectivity index (χ3v) is 4.05. The van der Waals surface area contributed by atoms with Gasteiger partial charge in [0.2, 0.25) is 5.91 Å². The zero-order valence-electron chi connectivity index (χ0n) is 11.8. The standard InChI is InChI=1S/C15H19F3N2O/c1-2-12(11-6-4-3-5-7-11)20-13(21)14(15(16,17)18)8-9-19-10-14/h3-7,12,19H,2,8-10H2,1H3,(H,20,21). The summed E-state index contributed by atoms with van der Waals surface area (Å²) in [6, 6.07) is 8.65. The van der Waals surface area contributed by atoms with Crippen molar-refractivity contribution in [2.24, 2.45) is 5.41 Å². The SMILES string of the molecule is CCC(NC(=O)C1(C(F)(F)F)CCNC1)c1ccccc1. The minimum atomic E-state index is -4.55. The van der Waals surface area contributed by atoms with E-state index in [1.165, 1.54) is 0 Å². The summed E-state index contributed by atoms with van der Waals surface area (Å²) >= 11 is 0. The Labute approximate surface area is 121 Å². The number of rotatable bonds is 4. The Balaban J connectivity index is 2.19. The lowest BCUT2D eigenvalue weighted by Gasteiger charge is -2.31. The maximum atomic E-state index is 13.3. The van der Waals surface area contributed by atoms with Crippen molar-refractivity contribution >= 4 is 5.91 Å². The third kappa shape index (κ3) is 3.05. The number of amides is 1. The van der Waals surface area contributed by atoms with Crippen molar-refractivity contribution in [3.05, 3.63) is 35.9 Å². The quantitative estimate of drug-likeness (QED) is 0.898. The van der Waals surface area contributed by atoms with E-state index < -0.39 is 23.5 Å². The summed E-state index contributed by atoms with van der Waals surface area (Å²) in [7, 11) is 0. The number of nitrogens with one attached hydrogen (secondary N) is 2. The number of alkyl halides is 3. The minimum Gasteiger partial charge on any atom is -0.348 e. The molecule has 116 valence electrons. The molecule has 2 rings (SSSR count). The van der Waals surface area contributed by atoms with Crippen molar-refractivity contribution in [3.8, 4) is 0 Å². The molecule has 1 fully saturated rings. The lowest BCUT2D eigenvalue weighted by atomic mass is 9.84. The molecule has 0 saturated carbocycles. The van der Waals surface area contributed by atoms with Crippen LogP contribution in [0, 0.1) is 5.41 Å². The predicted octanol–water partition coefficient (Wildman–Crippen LogP) is 2.80. The third-order valence-electron chi connectivity index (χ3n) is 4.05. The zero-order valence-corrected chi connectivity index (χ0v) is 11.8. The monoisotopic (exact) mass is 300 g/mol. The first-order valence-electron chi connectivity index (χ1n) is 7.04. The molecule has 0 aliphatic carbocycles. The van der Waals surface area contributed by atoms with Crippen molar-refractivity contribution in [1.29, 1.82) is 0 Å². The Morgan fingerprint density at radius 3 is 2.52 bits per heavy atom. The molecular weight excluding hydrogens is 281 g/mol. The fraction of sp³-hybridized carbons (Fsp3) is 0.533. The molecule has 21 heavy (non-hydrogen) atoms. The molecule has 0 radical (unpaired) electrons. The van der Waals surface area contributed by atoms with Crippen molar-refractivity contribution in [1.82, 2.24) is 10.6 Å². The van der Waals surface area contributed by atoms with Crippen molar-refractivity contribution in [2.45, 2.75) is 32.0 Å². The summed E-state index contributed by atoms with van der Waals surface area (Å²) in [6.07, 6.45) is -4.22. The molecule has 0 spiro atoms. The molecule has 2 unspecified atom stereocenters. The smallest absolute Gasteiger partial charge is 0.348 e. The highest BCUT2D eigenvalue weighted by Gasteiger charge is 2.61. The molecule has 2 atom stereocenters. The lowest BCUT2D eigenvalue weighted by Crippen LogP contribution is -2.52. The highest BCUT2D eigenvalue weighted by atomic mass is 19.4. The van der Waals surface area contributed by atoms with Gasteiger partial charge in [0.25, 0.3) is 0 Å². The molecule has 1 saturated heterocycles. The van der Waals surface area contributed by atoms with Gasteiger partial charge in [0.15, 0.2) is 5.41 Å². The summed E-state index contributed by atoms with van der Waals surface area (Å²) in [5.74, 6) is -0.935. The first kappa shape index (κ1) is 15.8. The predicted molar refractivity (Wildman–Crippen MR) is 73.6 cm³/mol. The Hall–Kier alpha value is -1.56. The fourth-order valence-electron chi connectivity index (χ4n) is 2.66. The Bertz CT molecular complexity index is 481. The van der Waals surface area contributed by atoms with Gasteiger partial charge >= 0.3 is 6.18 Å². The van der Waals surface area contributed by atoms with Crippen LogP contribution in [0.3, 0.4) is 0 Å². The molecule has 0 bridgehead atoms. The Kier molecular flexibility index (Phi) is 4.56. The van der Waals surface area contributed by atoms with Gasteiger partial charge in [0, 0.05) is 6.54 Å². The number of carbonyl (C=O) groups excluding carboxylic acids is 1. The van der Waals surface area contributed by atoms with Crippen LogP contribution >= 0.6 is 0 Å². The van der Waals surface area contributed by atoms with Gasteiger partial charge in [0.1, 0.15) is 0 Å². The number of hydrogen-bond acceptors (Lipinski definition) is 2. The van der Waals surface area contributed by atoms with Gasteiger partial charge in [-0.05, 0) is 24.9 Å². The molecular formula is C15H19F3N2O. The van der Waals surface area contributed by atoms with E-state index in [9.17, 15) is 18.0 Å². The van der Waals surface area contributed by atoms with E-state index in [4.69, 9.17) is 0 Å². The molecule has 1 amide bonds. The molecule has 3 nitrogen and oxygen atoms in total. The van der Waals surface area contributed by atoms with Gasteiger partial charge in [-0.2, -0.15) is 13.2 Å². The van der Waals surface area contributed by atoms with Gasteiger partial charge in [-0.15, -0.1) is 0 Å². The molecule has 1 aromatic rings. The summed E-state index contributed by atoms with van der Waals surface area (Å²) in [5.41, 5.74) is -1.49. The van der Waals surface area contributed by atoms with Gasteiger partial charge in [-0.3, -0.25) is 4.79 Å². The van der Waals surface area contributed by atoms with Gasteiger partial charge < -0.3 is 10.6 Å². The first-order chi connectivity index (χ1) is 9.90. The maximum Gasteiger partial charge on any atom is 0.404 e. The van der Waals surface area contributed by atoms with E-state index in [0.717, 1.165) is 5.56 Å².